The van der Waals surface area contributed by atoms with E-state index in [0.29, 0.717) is 5.75 Å². The molecule has 3 heteroatoms. The smallest absolute Gasteiger partial charge is 0.115 e. The van der Waals surface area contributed by atoms with Crippen molar-refractivity contribution in [3.8, 4) is 5.75 Å². The third-order valence-electron chi connectivity index (χ3n) is 6.72. The summed E-state index contributed by atoms with van der Waals surface area (Å²) in [5.74, 6) is 1.18. The van der Waals surface area contributed by atoms with Crippen LogP contribution in [0.5, 0.6) is 5.75 Å². The first kappa shape index (κ1) is 15.5. The molecule has 1 aromatic rings. The van der Waals surface area contributed by atoms with Crippen LogP contribution in [0.15, 0.2) is 18.2 Å². The number of piperidine rings is 1. The van der Waals surface area contributed by atoms with Crippen LogP contribution in [0.4, 0.5) is 0 Å². The van der Waals surface area contributed by atoms with Gasteiger partial charge in [-0.2, -0.15) is 0 Å². The van der Waals surface area contributed by atoms with Crippen LogP contribution >= 0.6 is 0 Å². The maximum atomic E-state index is 11.3. The first-order valence-electron chi connectivity index (χ1n) is 9.38. The molecule has 126 valence electrons. The minimum atomic E-state index is -0.300. The predicted molar refractivity (Wildman–Crippen MR) is 91.7 cm³/mol. The molecule has 0 radical (unpaired) electrons. The fraction of sp³-hybridized carbons (Fsp3) is 0.700. The Morgan fingerprint density at radius 1 is 1.30 bits per heavy atom. The number of fused-ring (bicyclic) bond motifs is 4. The molecular formula is C20H29NO2. The zero-order valence-electron chi connectivity index (χ0n) is 14.2. The van der Waals surface area contributed by atoms with Gasteiger partial charge in [-0.05, 0) is 67.8 Å². The van der Waals surface area contributed by atoms with Crippen molar-refractivity contribution >= 4 is 0 Å². The van der Waals surface area contributed by atoms with Gasteiger partial charge in [0.25, 0.3) is 0 Å². The van der Waals surface area contributed by atoms with Gasteiger partial charge in [0.15, 0.2) is 0 Å². The highest BCUT2D eigenvalue weighted by atomic mass is 16.3. The fourth-order valence-corrected chi connectivity index (χ4v) is 5.28. The Kier molecular flexibility index (Phi) is 3.89. The Balaban J connectivity index is 1.69. The molecule has 1 aromatic carbocycles. The van der Waals surface area contributed by atoms with Crippen LogP contribution in [0.3, 0.4) is 0 Å². The lowest BCUT2D eigenvalue weighted by Crippen LogP contribution is -2.63. The van der Waals surface area contributed by atoms with Gasteiger partial charge in [0, 0.05) is 18.0 Å². The number of likely N-dealkylation sites (tertiary alicyclic amines) is 1. The monoisotopic (exact) mass is 315 g/mol. The highest BCUT2D eigenvalue weighted by Crippen LogP contribution is 2.49. The van der Waals surface area contributed by atoms with Gasteiger partial charge in [-0.25, -0.2) is 0 Å². The second-order valence-electron chi connectivity index (χ2n) is 8.01. The number of hydrogen-bond acceptors (Lipinski definition) is 3. The van der Waals surface area contributed by atoms with Crippen molar-refractivity contribution in [3.63, 3.8) is 0 Å². The highest BCUT2D eigenvalue weighted by Gasteiger charge is 2.52. The summed E-state index contributed by atoms with van der Waals surface area (Å²) in [7, 11) is 0. The average Bonchev–Trinajstić information content (AvgIpc) is 2.48. The van der Waals surface area contributed by atoms with Crippen molar-refractivity contribution in [1.82, 2.24) is 4.90 Å². The summed E-state index contributed by atoms with van der Waals surface area (Å²) in [6.45, 7) is 4.46. The molecular weight excluding hydrogens is 286 g/mol. The summed E-state index contributed by atoms with van der Waals surface area (Å²) in [6.07, 6.45) is 7.84. The number of rotatable bonds is 4. The summed E-state index contributed by atoms with van der Waals surface area (Å²) in [5.41, 5.74) is 2.40. The van der Waals surface area contributed by atoms with Crippen LogP contribution < -0.4 is 0 Å². The van der Waals surface area contributed by atoms with E-state index in [1.807, 2.05) is 12.1 Å². The molecule has 3 atom stereocenters. The van der Waals surface area contributed by atoms with Gasteiger partial charge < -0.3 is 10.2 Å². The minimum absolute atomic E-state index is 0.151. The summed E-state index contributed by atoms with van der Waals surface area (Å²) in [5, 5.41) is 21.2. The molecule has 0 aromatic heterocycles. The van der Waals surface area contributed by atoms with Crippen LogP contribution in [0.1, 0.15) is 56.6 Å². The quantitative estimate of drug-likeness (QED) is 0.896. The lowest BCUT2D eigenvalue weighted by Gasteiger charge is -2.55. The van der Waals surface area contributed by atoms with Gasteiger partial charge >= 0.3 is 0 Å². The number of phenols is 1. The Labute approximate surface area is 139 Å². The van der Waals surface area contributed by atoms with Gasteiger partial charge in [0.1, 0.15) is 5.75 Å². The van der Waals surface area contributed by atoms with Crippen molar-refractivity contribution in [2.24, 2.45) is 5.92 Å². The van der Waals surface area contributed by atoms with E-state index in [2.05, 4.69) is 17.9 Å². The van der Waals surface area contributed by atoms with Crippen molar-refractivity contribution in [2.45, 2.75) is 69.4 Å². The van der Waals surface area contributed by atoms with Gasteiger partial charge in [-0.1, -0.05) is 25.8 Å². The minimum Gasteiger partial charge on any atom is -0.508 e. The Morgan fingerprint density at radius 3 is 2.83 bits per heavy atom. The van der Waals surface area contributed by atoms with Crippen LogP contribution in [0.25, 0.3) is 0 Å². The van der Waals surface area contributed by atoms with E-state index in [1.165, 1.54) is 30.4 Å². The van der Waals surface area contributed by atoms with E-state index < -0.39 is 0 Å². The molecule has 4 rings (SSSR count). The molecule has 2 aliphatic carbocycles. The number of hydrogen-bond donors (Lipinski definition) is 2. The fourth-order valence-electron chi connectivity index (χ4n) is 5.28. The molecule has 3 aliphatic rings. The number of phenolic OH excluding ortho intramolecular Hbond substituents is 1. The van der Waals surface area contributed by atoms with Crippen molar-refractivity contribution < 1.29 is 10.2 Å². The summed E-state index contributed by atoms with van der Waals surface area (Å²) in [6, 6.07) is 6.07. The van der Waals surface area contributed by atoms with Crippen molar-refractivity contribution in [3.05, 3.63) is 29.3 Å². The molecule has 1 saturated carbocycles. The third-order valence-corrected chi connectivity index (χ3v) is 6.72. The van der Waals surface area contributed by atoms with Gasteiger partial charge in [-0.3, -0.25) is 4.90 Å². The zero-order valence-corrected chi connectivity index (χ0v) is 14.2. The van der Waals surface area contributed by atoms with Crippen molar-refractivity contribution in [2.75, 3.05) is 13.1 Å². The first-order chi connectivity index (χ1) is 11.1. The maximum absolute atomic E-state index is 11.3. The van der Waals surface area contributed by atoms with Crippen LogP contribution in [-0.2, 0) is 11.8 Å². The predicted octanol–water partition coefficient (Wildman–Crippen LogP) is 3.22. The third kappa shape index (κ3) is 2.40. The van der Waals surface area contributed by atoms with Crippen LogP contribution in [0, 0.1) is 5.92 Å². The SMILES string of the molecule is CCC[C@]12CCN(CC3CCC3)[C@H](Cc3ccc(O)cc31)[C@H]2O. The lowest BCUT2D eigenvalue weighted by atomic mass is 9.60. The Morgan fingerprint density at radius 2 is 2.13 bits per heavy atom. The lowest BCUT2D eigenvalue weighted by molar-refractivity contribution is -0.0689. The first-order valence-corrected chi connectivity index (χ1v) is 9.38. The second kappa shape index (κ2) is 5.78. The molecule has 1 heterocycles. The van der Waals surface area contributed by atoms with Crippen molar-refractivity contribution in [1.29, 1.82) is 0 Å². The molecule has 0 amide bonds. The molecule has 3 nitrogen and oxygen atoms in total. The number of aliphatic hydroxyl groups excluding tert-OH is 1. The summed E-state index contributed by atoms with van der Waals surface area (Å²) >= 11 is 0. The molecule has 1 aliphatic heterocycles. The van der Waals surface area contributed by atoms with Gasteiger partial charge in [0.2, 0.25) is 0 Å². The molecule has 0 unspecified atom stereocenters. The van der Waals surface area contributed by atoms with Crippen LogP contribution in [-0.4, -0.2) is 40.3 Å². The standard InChI is InChI=1S/C20H29NO2/c1-2-8-20-9-10-21(13-14-4-3-5-14)18(19(20)23)11-15-6-7-16(22)12-17(15)20/h6-7,12,14,18-19,22-23H,2-5,8-11,13H2,1H3/t18-,19-,20+/m1/s1. The van der Waals surface area contributed by atoms with E-state index in [-0.39, 0.29) is 17.6 Å². The normalized spacial score (nSPS) is 34.0. The topological polar surface area (TPSA) is 43.7 Å². The highest BCUT2D eigenvalue weighted by molar-refractivity contribution is 5.45. The second-order valence-corrected chi connectivity index (χ2v) is 8.01. The molecule has 23 heavy (non-hydrogen) atoms. The number of nitrogens with zero attached hydrogens (tertiary/aromatic N) is 1. The molecule has 1 saturated heterocycles. The van der Waals surface area contributed by atoms with E-state index in [0.717, 1.165) is 44.7 Å². The van der Waals surface area contributed by atoms with E-state index in [9.17, 15) is 10.2 Å². The largest absolute Gasteiger partial charge is 0.508 e. The van der Waals surface area contributed by atoms with Gasteiger partial charge in [0.05, 0.1) is 6.10 Å². The summed E-state index contributed by atoms with van der Waals surface area (Å²) < 4.78 is 0. The van der Waals surface area contributed by atoms with Crippen LogP contribution in [0.2, 0.25) is 0 Å². The maximum Gasteiger partial charge on any atom is 0.115 e. The Hall–Kier alpha value is -1.06. The number of aliphatic hydroxyl groups is 1. The van der Waals surface area contributed by atoms with Gasteiger partial charge in [-0.15, -0.1) is 0 Å². The average molecular weight is 315 g/mol. The van der Waals surface area contributed by atoms with E-state index in [1.54, 1.807) is 0 Å². The molecule has 2 bridgehead atoms. The molecule has 0 spiro atoms. The molecule has 2 fully saturated rings. The molecule has 2 N–H and O–H groups in total. The van der Waals surface area contributed by atoms with E-state index in [4.69, 9.17) is 0 Å². The Bertz CT molecular complexity index is 583. The number of benzene rings is 1. The zero-order chi connectivity index (χ0) is 16.0. The summed E-state index contributed by atoms with van der Waals surface area (Å²) in [4.78, 5) is 2.57. The number of aromatic hydroxyl groups is 1. The van der Waals surface area contributed by atoms with E-state index >= 15 is 0 Å².